The number of carbonyl (C=O) groups is 1. The normalized spacial score (nSPS) is 10.2. The van der Waals surface area contributed by atoms with Crippen molar-refractivity contribution >= 4 is 17.8 Å². The number of ether oxygens (including phenoxy) is 1. The highest BCUT2D eigenvalue weighted by Gasteiger charge is 2.11. The van der Waals surface area contributed by atoms with Crippen LogP contribution in [-0.4, -0.2) is 56.2 Å². The van der Waals surface area contributed by atoms with Crippen molar-refractivity contribution in [1.29, 1.82) is 0 Å². The molecule has 8 heteroatoms. The number of hydrogen-bond acceptors (Lipinski definition) is 7. The summed E-state index contributed by atoms with van der Waals surface area (Å²) in [5.41, 5.74) is 0.547. The summed E-state index contributed by atoms with van der Waals surface area (Å²) in [4.78, 5) is 28.8. The molecule has 0 spiro atoms. The molecule has 0 bridgehead atoms. The zero-order valence-corrected chi connectivity index (χ0v) is 14.6. The molecule has 0 fully saturated rings. The van der Waals surface area contributed by atoms with Gasteiger partial charge in [-0.25, -0.2) is 0 Å². The molecule has 0 radical (unpaired) electrons. The first-order valence-corrected chi connectivity index (χ1v) is 7.42. The van der Waals surface area contributed by atoms with Gasteiger partial charge in [-0.05, 0) is 24.3 Å². The van der Waals surface area contributed by atoms with E-state index in [-0.39, 0.29) is 12.5 Å². The van der Waals surface area contributed by atoms with Gasteiger partial charge in [-0.1, -0.05) is 0 Å². The van der Waals surface area contributed by atoms with Crippen LogP contribution in [0.2, 0.25) is 0 Å². The predicted molar refractivity (Wildman–Crippen MR) is 92.6 cm³/mol. The average molecular weight is 330 g/mol. The number of methoxy groups -OCH3 is 1. The second-order valence-corrected chi connectivity index (χ2v) is 5.55. The smallest absolute Gasteiger partial charge is 0.251 e. The molecular formula is C16H22N6O2. The Morgan fingerprint density at radius 1 is 1.00 bits per heavy atom. The highest BCUT2D eigenvalue weighted by atomic mass is 16.5. The SMILES string of the molecule is COc1ccc(C(=O)NCc2nc(N(C)C)nc(N(C)C)n2)cc1. The molecule has 24 heavy (non-hydrogen) atoms. The summed E-state index contributed by atoms with van der Waals surface area (Å²) in [5.74, 6) is 2.09. The van der Waals surface area contributed by atoms with E-state index in [1.165, 1.54) is 0 Å². The number of hydrogen-bond donors (Lipinski definition) is 1. The van der Waals surface area contributed by atoms with E-state index in [9.17, 15) is 4.79 Å². The molecule has 1 amide bonds. The molecule has 2 rings (SSSR count). The standard InChI is InChI=1S/C16H22N6O2/c1-21(2)15-18-13(19-16(20-15)22(3)4)10-17-14(23)11-6-8-12(24-5)9-7-11/h6-9H,10H2,1-5H3,(H,17,23). The monoisotopic (exact) mass is 330 g/mol. The third-order valence-corrected chi connectivity index (χ3v) is 3.22. The summed E-state index contributed by atoms with van der Waals surface area (Å²) in [5, 5.41) is 2.82. The lowest BCUT2D eigenvalue weighted by Gasteiger charge is -2.16. The fourth-order valence-corrected chi connectivity index (χ4v) is 1.88. The minimum atomic E-state index is -0.198. The lowest BCUT2D eigenvalue weighted by Crippen LogP contribution is -2.26. The molecule has 0 aliphatic carbocycles. The predicted octanol–water partition coefficient (Wildman–Crippen LogP) is 0.942. The molecule has 8 nitrogen and oxygen atoms in total. The number of aromatic nitrogens is 3. The lowest BCUT2D eigenvalue weighted by molar-refractivity contribution is 0.0950. The largest absolute Gasteiger partial charge is 0.497 e. The summed E-state index contributed by atoms with van der Waals surface area (Å²) in [7, 11) is 9.01. The molecule has 2 aromatic rings. The Bertz CT molecular complexity index is 674. The summed E-state index contributed by atoms with van der Waals surface area (Å²) >= 11 is 0. The Kier molecular flexibility index (Phi) is 5.51. The minimum absolute atomic E-state index is 0.198. The molecule has 128 valence electrons. The molecule has 1 heterocycles. The number of benzene rings is 1. The van der Waals surface area contributed by atoms with Gasteiger partial charge < -0.3 is 19.9 Å². The Balaban J connectivity index is 2.11. The van der Waals surface area contributed by atoms with Crippen molar-refractivity contribution in [1.82, 2.24) is 20.3 Å². The van der Waals surface area contributed by atoms with Crippen LogP contribution in [0.4, 0.5) is 11.9 Å². The van der Waals surface area contributed by atoms with Gasteiger partial charge >= 0.3 is 0 Å². The van der Waals surface area contributed by atoms with Crippen LogP contribution in [0.25, 0.3) is 0 Å². The average Bonchev–Trinajstić information content (AvgIpc) is 2.59. The highest BCUT2D eigenvalue weighted by molar-refractivity contribution is 5.94. The van der Waals surface area contributed by atoms with E-state index in [0.717, 1.165) is 0 Å². The van der Waals surface area contributed by atoms with Crippen molar-refractivity contribution in [3.05, 3.63) is 35.7 Å². The van der Waals surface area contributed by atoms with Gasteiger partial charge in [0.1, 0.15) is 5.75 Å². The Labute approximate surface area is 141 Å². The third kappa shape index (κ3) is 4.31. The van der Waals surface area contributed by atoms with Gasteiger partial charge in [-0.2, -0.15) is 15.0 Å². The topological polar surface area (TPSA) is 83.5 Å². The molecule has 1 aromatic carbocycles. The van der Waals surface area contributed by atoms with Crippen LogP contribution in [0.15, 0.2) is 24.3 Å². The van der Waals surface area contributed by atoms with Gasteiger partial charge in [-0.3, -0.25) is 4.79 Å². The van der Waals surface area contributed by atoms with E-state index >= 15 is 0 Å². The Hall–Kier alpha value is -2.90. The molecule has 1 aromatic heterocycles. The summed E-state index contributed by atoms with van der Waals surface area (Å²) in [6, 6.07) is 6.90. The van der Waals surface area contributed by atoms with E-state index in [1.807, 2.05) is 28.2 Å². The van der Waals surface area contributed by atoms with Gasteiger partial charge in [0.25, 0.3) is 5.91 Å². The van der Waals surface area contributed by atoms with Gasteiger partial charge in [-0.15, -0.1) is 0 Å². The summed E-state index contributed by atoms with van der Waals surface area (Å²) in [6.07, 6.45) is 0. The van der Waals surface area contributed by atoms with Crippen LogP contribution in [0, 0.1) is 0 Å². The third-order valence-electron chi connectivity index (χ3n) is 3.22. The van der Waals surface area contributed by atoms with Gasteiger partial charge in [0.2, 0.25) is 11.9 Å². The zero-order valence-electron chi connectivity index (χ0n) is 14.6. The van der Waals surface area contributed by atoms with Crippen molar-refractivity contribution in [3.8, 4) is 5.75 Å². The van der Waals surface area contributed by atoms with E-state index in [1.54, 1.807) is 41.2 Å². The number of nitrogens with zero attached hydrogens (tertiary/aromatic N) is 5. The van der Waals surface area contributed by atoms with Crippen molar-refractivity contribution in [2.24, 2.45) is 0 Å². The lowest BCUT2D eigenvalue weighted by atomic mass is 10.2. The van der Waals surface area contributed by atoms with Crippen molar-refractivity contribution in [2.75, 3.05) is 45.1 Å². The fraction of sp³-hybridized carbons (Fsp3) is 0.375. The first-order valence-electron chi connectivity index (χ1n) is 7.42. The molecule has 0 atom stereocenters. The van der Waals surface area contributed by atoms with Gasteiger partial charge in [0, 0.05) is 33.8 Å². The Morgan fingerprint density at radius 2 is 1.54 bits per heavy atom. The summed E-state index contributed by atoms with van der Waals surface area (Å²) in [6.45, 7) is 0.217. The number of rotatable bonds is 6. The molecular weight excluding hydrogens is 308 g/mol. The summed E-state index contributed by atoms with van der Waals surface area (Å²) < 4.78 is 5.08. The van der Waals surface area contributed by atoms with E-state index < -0.39 is 0 Å². The van der Waals surface area contributed by atoms with Gasteiger partial charge in [0.05, 0.1) is 13.7 Å². The van der Waals surface area contributed by atoms with Crippen LogP contribution in [-0.2, 0) is 6.54 Å². The number of anilines is 2. The van der Waals surface area contributed by atoms with Crippen molar-refractivity contribution in [3.63, 3.8) is 0 Å². The molecule has 0 aliphatic rings. The van der Waals surface area contributed by atoms with Crippen LogP contribution in [0.5, 0.6) is 5.75 Å². The van der Waals surface area contributed by atoms with E-state index in [2.05, 4.69) is 20.3 Å². The van der Waals surface area contributed by atoms with E-state index in [0.29, 0.717) is 29.0 Å². The van der Waals surface area contributed by atoms with Gasteiger partial charge in [0.15, 0.2) is 5.82 Å². The highest BCUT2D eigenvalue weighted by Crippen LogP contribution is 2.12. The van der Waals surface area contributed by atoms with Crippen LogP contribution < -0.4 is 19.9 Å². The van der Waals surface area contributed by atoms with Crippen LogP contribution >= 0.6 is 0 Å². The maximum Gasteiger partial charge on any atom is 0.251 e. The minimum Gasteiger partial charge on any atom is -0.497 e. The molecule has 0 unspecified atom stereocenters. The number of nitrogens with one attached hydrogen (secondary N) is 1. The molecule has 1 N–H and O–H groups in total. The maximum absolute atomic E-state index is 12.2. The maximum atomic E-state index is 12.2. The number of amides is 1. The van der Waals surface area contributed by atoms with Crippen LogP contribution in [0.1, 0.15) is 16.2 Å². The first kappa shape index (κ1) is 17.5. The Morgan fingerprint density at radius 3 is 2.00 bits per heavy atom. The fourth-order valence-electron chi connectivity index (χ4n) is 1.88. The molecule has 0 saturated heterocycles. The quantitative estimate of drug-likeness (QED) is 0.844. The first-order chi connectivity index (χ1) is 11.4. The van der Waals surface area contributed by atoms with Crippen molar-refractivity contribution < 1.29 is 9.53 Å². The molecule has 0 saturated carbocycles. The number of carbonyl (C=O) groups excluding carboxylic acids is 1. The van der Waals surface area contributed by atoms with Crippen molar-refractivity contribution in [2.45, 2.75) is 6.54 Å². The van der Waals surface area contributed by atoms with Crippen LogP contribution in [0.3, 0.4) is 0 Å². The second-order valence-electron chi connectivity index (χ2n) is 5.55. The molecule has 0 aliphatic heterocycles. The van der Waals surface area contributed by atoms with E-state index in [4.69, 9.17) is 4.74 Å². The second kappa shape index (κ2) is 7.58. The zero-order chi connectivity index (χ0) is 17.7.